The summed E-state index contributed by atoms with van der Waals surface area (Å²) in [4.78, 5) is 12.5. The average molecular weight is 361 g/mol. The van der Waals surface area contributed by atoms with Gasteiger partial charge in [-0.15, -0.1) is 0 Å². The van der Waals surface area contributed by atoms with E-state index in [0.717, 1.165) is 30.5 Å². The van der Waals surface area contributed by atoms with E-state index in [-0.39, 0.29) is 11.9 Å². The summed E-state index contributed by atoms with van der Waals surface area (Å²) in [7, 11) is 0. The third kappa shape index (κ3) is 5.68. The van der Waals surface area contributed by atoms with Gasteiger partial charge in [-0.2, -0.15) is 0 Å². The SMILES string of the molecule is CCCOc1ccc(C(=O)N[C@H](CC)Cc2ccc(N)cc2)cc1Cl. The van der Waals surface area contributed by atoms with Crippen LogP contribution in [0.2, 0.25) is 5.02 Å². The Morgan fingerprint density at radius 2 is 1.92 bits per heavy atom. The van der Waals surface area contributed by atoms with Crippen LogP contribution in [0, 0.1) is 0 Å². The van der Waals surface area contributed by atoms with Crippen molar-refractivity contribution in [3.05, 3.63) is 58.6 Å². The minimum Gasteiger partial charge on any atom is -0.492 e. The van der Waals surface area contributed by atoms with Crippen LogP contribution in [0.1, 0.15) is 42.6 Å². The summed E-state index contributed by atoms with van der Waals surface area (Å²) in [5.74, 6) is 0.472. The van der Waals surface area contributed by atoms with Crippen molar-refractivity contribution in [1.29, 1.82) is 0 Å². The molecule has 0 aliphatic rings. The molecule has 134 valence electrons. The molecule has 2 aromatic carbocycles. The monoisotopic (exact) mass is 360 g/mol. The van der Waals surface area contributed by atoms with E-state index in [2.05, 4.69) is 12.2 Å². The minimum atomic E-state index is -0.133. The number of hydrogen-bond donors (Lipinski definition) is 2. The largest absolute Gasteiger partial charge is 0.492 e. The number of nitrogens with one attached hydrogen (secondary N) is 1. The third-order valence-electron chi connectivity index (χ3n) is 3.95. The number of anilines is 1. The first-order valence-electron chi connectivity index (χ1n) is 8.61. The maximum Gasteiger partial charge on any atom is 0.251 e. The zero-order valence-electron chi connectivity index (χ0n) is 14.7. The van der Waals surface area contributed by atoms with Gasteiger partial charge in [0.25, 0.3) is 5.91 Å². The van der Waals surface area contributed by atoms with Crippen molar-refractivity contribution in [3.63, 3.8) is 0 Å². The Balaban J connectivity index is 2.01. The lowest BCUT2D eigenvalue weighted by atomic mass is 10.0. The van der Waals surface area contributed by atoms with E-state index < -0.39 is 0 Å². The molecule has 0 saturated heterocycles. The molecule has 2 aromatic rings. The molecule has 0 spiro atoms. The number of nitrogen functional groups attached to an aromatic ring is 1. The summed E-state index contributed by atoms with van der Waals surface area (Å²) >= 11 is 6.21. The topological polar surface area (TPSA) is 64.3 Å². The molecule has 0 heterocycles. The molecule has 4 nitrogen and oxygen atoms in total. The van der Waals surface area contributed by atoms with Gasteiger partial charge in [0.05, 0.1) is 11.6 Å². The van der Waals surface area contributed by atoms with E-state index in [1.54, 1.807) is 18.2 Å². The van der Waals surface area contributed by atoms with Crippen LogP contribution in [0.3, 0.4) is 0 Å². The quantitative estimate of drug-likeness (QED) is 0.683. The number of amides is 1. The first kappa shape index (κ1) is 19.1. The molecule has 0 aromatic heterocycles. The molecule has 2 rings (SSSR count). The van der Waals surface area contributed by atoms with E-state index in [1.165, 1.54) is 0 Å². The van der Waals surface area contributed by atoms with Crippen molar-refractivity contribution >= 4 is 23.2 Å². The van der Waals surface area contributed by atoms with Gasteiger partial charge in [0.2, 0.25) is 0 Å². The molecular weight excluding hydrogens is 336 g/mol. The van der Waals surface area contributed by atoms with E-state index in [1.807, 2.05) is 31.2 Å². The Bertz CT molecular complexity index is 701. The van der Waals surface area contributed by atoms with Gasteiger partial charge in [-0.25, -0.2) is 0 Å². The predicted octanol–water partition coefficient (Wildman–Crippen LogP) is 4.46. The summed E-state index contributed by atoms with van der Waals surface area (Å²) < 4.78 is 5.54. The lowest BCUT2D eigenvalue weighted by Gasteiger charge is -2.18. The zero-order chi connectivity index (χ0) is 18.2. The van der Waals surface area contributed by atoms with Crippen LogP contribution in [-0.4, -0.2) is 18.6 Å². The summed E-state index contributed by atoms with van der Waals surface area (Å²) in [6.07, 6.45) is 2.50. The molecule has 0 aliphatic heterocycles. The van der Waals surface area contributed by atoms with Gasteiger partial charge in [0.15, 0.2) is 0 Å². The lowest BCUT2D eigenvalue weighted by Crippen LogP contribution is -2.36. The van der Waals surface area contributed by atoms with Crippen LogP contribution in [0.5, 0.6) is 5.75 Å². The maximum absolute atomic E-state index is 12.5. The van der Waals surface area contributed by atoms with Crippen LogP contribution in [0.15, 0.2) is 42.5 Å². The van der Waals surface area contributed by atoms with Gasteiger partial charge >= 0.3 is 0 Å². The Morgan fingerprint density at radius 3 is 2.52 bits per heavy atom. The van der Waals surface area contributed by atoms with Crippen LogP contribution < -0.4 is 15.8 Å². The highest BCUT2D eigenvalue weighted by atomic mass is 35.5. The van der Waals surface area contributed by atoms with Crippen molar-refractivity contribution in [2.24, 2.45) is 0 Å². The maximum atomic E-state index is 12.5. The number of carbonyl (C=O) groups excluding carboxylic acids is 1. The van der Waals surface area contributed by atoms with Crippen molar-refractivity contribution < 1.29 is 9.53 Å². The minimum absolute atomic E-state index is 0.0471. The molecule has 25 heavy (non-hydrogen) atoms. The normalized spacial score (nSPS) is 11.8. The summed E-state index contributed by atoms with van der Waals surface area (Å²) in [5.41, 5.74) is 8.12. The number of carbonyl (C=O) groups is 1. The van der Waals surface area contributed by atoms with E-state index in [0.29, 0.717) is 22.9 Å². The summed E-state index contributed by atoms with van der Waals surface area (Å²) in [6.45, 7) is 4.68. The van der Waals surface area contributed by atoms with Crippen molar-refractivity contribution in [3.8, 4) is 5.75 Å². The molecule has 0 bridgehead atoms. The van der Waals surface area contributed by atoms with Gasteiger partial charge in [-0.05, 0) is 55.2 Å². The molecule has 0 fully saturated rings. The third-order valence-corrected chi connectivity index (χ3v) is 4.24. The molecule has 5 heteroatoms. The summed E-state index contributed by atoms with van der Waals surface area (Å²) in [6, 6.07) is 12.9. The van der Waals surface area contributed by atoms with Gasteiger partial charge in [-0.3, -0.25) is 4.79 Å². The summed E-state index contributed by atoms with van der Waals surface area (Å²) in [5, 5.41) is 3.52. The first-order valence-corrected chi connectivity index (χ1v) is 8.98. The van der Waals surface area contributed by atoms with Crippen LogP contribution in [-0.2, 0) is 6.42 Å². The Hall–Kier alpha value is -2.20. The number of hydrogen-bond acceptors (Lipinski definition) is 3. The van der Waals surface area contributed by atoms with Crippen molar-refractivity contribution in [2.75, 3.05) is 12.3 Å². The lowest BCUT2D eigenvalue weighted by molar-refractivity contribution is 0.0936. The Labute approximate surface area is 154 Å². The average Bonchev–Trinajstić information content (AvgIpc) is 2.61. The Morgan fingerprint density at radius 1 is 1.20 bits per heavy atom. The second-order valence-electron chi connectivity index (χ2n) is 6.02. The molecule has 0 saturated carbocycles. The Kier molecular flexibility index (Phi) is 7.14. The van der Waals surface area contributed by atoms with E-state index >= 15 is 0 Å². The number of ether oxygens (including phenoxy) is 1. The van der Waals surface area contributed by atoms with Crippen LogP contribution in [0.4, 0.5) is 5.69 Å². The van der Waals surface area contributed by atoms with Gasteiger partial charge in [-0.1, -0.05) is 37.6 Å². The van der Waals surface area contributed by atoms with Crippen LogP contribution in [0.25, 0.3) is 0 Å². The molecule has 1 amide bonds. The first-order chi connectivity index (χ1) is 12.0. The van der Waals surface area contributed by atoms with E-state index in [4.69, 9.17) is 22.1 Å². The van der Waals surface area contributed by atoms with Gasteiger partial charge in [0.1, 0.15) is 5.75 Å². The second kappa shape index (κ2) is 9.33. The fraction of sp³-hybridized carbons (Fsp3) is 0.350. The molecule has 0 unspecified atom stereocenters. The van der Waals surface area contributed by atoms with Gasteiger partial charge < -0.3 is 15.8 Å². The standard InChI is InChI=1S/C20H25ClN2O2/c1-3-11-25-19-10-7-15(13-18(19)21)20(24)23-17(4-2)12-14-5-8-16(22)9-6-14/h5-10,13,17H,3-4,11-12,22H2,1-2H3,(H,23,24)/t17-/m1/s1. The predicted molar refractivity (Wildman–Crippen MR) is 103 cm³/mol. The van der Waals surface area contributed by atoms with Crippen LogP contribution >= 0.6 is 11.6 Å². The zero-order valence-corrected chi connectivity index (χ0v) is 15.5. The number of halogens is 1. The highest BCUT2D eigenvalue weighted by Gasteiger charge is 2.14. The van der Waals surface area contributed by atoms with Crippen molar-refractivity contribution in [2.45, 2.75) is 39.2 Å². The molecule has 0 aliphatic carbocycles. The highest BCUT2D eigenvalue weighted by Crippen LogP contribution is 2.25. The van der Waals surface area contributed by atoms with Crippen molar-refractivity contribution in [1.82, 2.24) is 5.32 Å². The second-order valence-corrected chi connectivity index (χ2v) is 6.43. The van der Waals surface area contributed by atoms with Gasteiger partial charge in [0, 0.05) is 17.3 Å². The highest BCUT2D eigenvalue weighted by molar-refractivity contribution is 6.32. The molecular formula is C20H25ClN2O2. The molecule has 1 atom stereocenters. The number of rotatable bonds is 8. The smallest absolute Gasteiger partial charge is 0.251 e. The molecule has 0 radical (unpaired) electrons. The number of nitrogens with two attached hydrogens (primary N) is 1. The fourth-order valence-electron chi connectivity index (χ4n) is 2.48. The van der Waals surface area contributed by atoms with E-state index in [9.17, 15) is 4.79 Å². The fourth-order valence-corrected chi connectivity index (χ4v) is 2.71. The number of benzene rings is 2. The molecule has 3 N–H and O–H groups in total.